The molecule has 0 aromatic heterocycles. The van der Waals surface area contributed by atoms with Gasteiger partial charge < -0.3 is 14.9 Å². The fourth-order valence-corrected chi connectivity index (χ4v) is 3.66. The summed E-state index contributed by atoms with van der Waals surface area (Å²) in [5.41, 5.74) is 4.85. The second kappa shape index (κ2) is 11.4. The van der Waals surface area contributed by atoms with E-state index in [9.17, 15) is 10.1 Å². The fraction of sp³-hybridized carbons (Fsp3) is 0.280. The zero-order chi connectivity index (χ0) is 22.9. The number of rotatable bonds is 11. The summed E-state index contributed by atoms with van der Waals surface area (Å²) in [5.74, 6) is 0.208. The third-order valence-electron chi connectivity index (χ3n) is 5.37. The molecule has 0 unspecified atom stereocenters. The van der Waals surface area contributed by atoms with Crippen molar-refractivity contribution < 1.29 is 19.9 Å². The molecule has 0 heterocycles. The van der Waals surface area contributed by atoms with Crippen molar-refractivity contribution in [1.82, 2.24) is 4.90 Å². The first-order chi connectivity index (χ1) is 15.5. The first-order valence-corrected chi connectivity index (χ1v) is 10.5. The lowest BCUT2D eigenvalue weighted by Crippen LogP contribution is -2.29. The largest absolute Gasteiger partial charge is 0.482 e. The molecule has 3 rings (SSSR count). The monoisotopic (exact) mass is 436 g/mol. The van der Waals surface area contributed by atoms with E-state index in [0.29, 0.717) is 25.2 Å². The predicted molar refractivity (Wildman–Crippen MR) is 123 cm³/mol. The van der Waals surface area contributed by atoms with Gasteiger partial charge in [0.05, 0.1) is 18.1 Å². The highest BCUT2D eigenvalue weighted by Gasteiger charge is 2.18. The molecular formula is C25H28N2O5. The van der Waals surface area contributed by atoms with Gasteiger partial charge in [-0.15, -0.1) is 0 Å². The van der Waals surface area contributed by atoms with Crippen LogP contribution in [-0.2, 0) is 13.2 Å². The molecule has 7 nitrogen and oxygen atoms in total. The van der Waals surface area contributed by atoms with E-state index in [4.69, 9.17) is 14.9 Å². The zero-order valence-corrected chi connectivity index (χ0v) is 18.1. The Balaban J connectivity index is 1.78. The summed E-state index contributed by atoms with van der Waals surface area (Å²) in [6.45, 7) is 3.28. The topological polar surface area (TPSA) is 96.1 Å². The average Bonchev–Trinajstić information content (AvgIpc) is 2.80. The molecule has 0 atom stereocenters. The molecule has 0 aliphatic heterocycles. The Morgan fingerprint density at radius 3 is 2.34 bits per heavy atom. The number of nitro benzene ring substituents is 1. The van der Waals surface area contributed by atoms with Crippen molar-refractivity contribution in [2.24, 2.45) is 0 Å². The minimum Gasteiger partial charge on any atom is -0.482 e. The van der Waals surface area contributed by atoms with Crippen LogP contribution in [0.5, 0.6) is 5.75 Å². The lowest BCUT2D eigenvalue weighted by atomic mass is 9.97. The average molecular weight is 437 g/mol. The van der Waals surface area contributed by atoms with Crippen molar-refractivity contribution in [2.45, 2.75) is 20.1 Å². The first-order valence-electron chi connectivity index (χ1n) is 10.5. The molecule has 3 aromatic carbocycles. The number of hydrogen-bond donors (Lipinski definition) is 2. The van der Waals surface area contributed by atoms with Gasteiger partial charge in [-0.3, -0.25) is 15.0 Å². The summed E-state index contributed by atoms with van der Waals surface area (Å²) in [4.78, 5) is 13.0. The van der Waals surface area contributed by atoms with Gasteiger partial charge in [0.15, 0.2) is 5.75 Å². The summed E-state index contributed by atoms with van der Waals surface area (Å²) in [6, 6.07) is 20.9. The highest BCUT2D eigenvalue weighted by molar-refractivity contribution is 5.68. The third kappa shape index (κ3) is 5.91. The van der Waals surface area contributed by atoms with Crippen LogP contribution in [0, 0.1) is 17.0 Å². The van der Waals surface area contributed by atoms with Crippen molar-refractivity contribution in [2.75, 3.05) is 26.3 Å². The number of nitrogens with zero attached hydrogens (tertiary/aromatic N) is 2. The Hall–Kier alpha value is -3.26. The van der Waals surface area contributed by atoms with E-state index in [2.05, 4.69) is 6.07 Å². The van der Waals surface area contributed by atoms with E-state index < -0.39 is 4.92 Å². The summed E-state index contributed by atoms with van der Waals surface area (Å²) in [7, 11) is 0. The molecule has 0 bridgehead atoms. The maximum absolute atomic E-state index is 11.7. The number of ether oxygens (including phenoxy) is 1. The summed E-state index contributed by atoms with van der Waals surface area (Å²) >= 11 is 0. The van der Waals surface area contributed by atoms with Crippen LogP contribution in [0.25, 0.3) is 11.1 Å². The molecular weight excluding hydrogens is 408 g/mol. The molecule has 3 aromatic rings. The molecule has 0 radical (unpaired) electrons. The summed E-state index contributed by atoms with van der Waals surface area (Å²) in [5, 5.41) is 30.0. The van der Waals surface area contributed by atoms with E-state index in [1.807, 2.05) is 54.3 Å². The van der Waals surface area contributed by atoms with Gasteiger partial charge in [-0.2, -0.15) is 0 Å². The zero-order valence-electron chi connectivity index (χ0n) is 18.1. The molecule has 0 saturated heterocycles. The Bertz CT molecular complexity index is 1030. The Morgan fingerprint density at radius 2 is 1.69 bits per heavy atom. The van der Waals surface area contributed by atoms with Crippen LogP contribution >= 0.6 is 0 Å². The van der Waals surface area contributed by atoms with Crippen LogP contribution in [0.4, 0.5) is 5.69 Å². The Labute approximate surface area is 187 Å². The Morgan fingerprint density at radius 1 is 0.969 bits per heavy atom. The van der Waals surface area contributed by atoms with Gasteiger partial charge >= 0.3 is 5.69 Å². The maximum atomic E-state index is 11.7. The van der Waals surface area contributed by atoms with E-state index >= 15 is 0 Å². The standard InChI is InChI=1S/C25H28N2O5/c1-19-22(8-5-9-23(19)21-6-3-2-4-7-21)18-32-25-11-10-20(16-24(25)27(30)31)17-26(12-14-28)13-15-29/h2-11,16,28-29H,12-15,17-18H2,1H3. The highest BCUT2D eigenvalue weighted by atomic mass is 16.6. The quantitative estimate of drug-likeness (QED) is 0.349. The van der Waals surface area contributed by atoms with E-state index in [0.717, 1.165) is 22.3 Å². The van der Waals surface area contributed by atoms with Crippen molar-refractivity contribution in [3.8, 4) is 16.9 Å². The van der Waals surface area contributed by atoms with E-state index in [-0.39, 0.29) is 31.3 Å². The van der Waals surface area contributed by atoms with Gasteiger partial charge in [-0.25, -0.2) is 0 Å². The number of hydrogen-bond acceptors (Lipinski definition) is 6. The van der Waals surface area contributed by atoms with Gasteiger partial charge in [0.25, 0.3) is 0 Å². The van der Waals surface area contributed by atoms with Gasteiger partial charge in [0.1, 0.15) is 6.61 Å². The molecule has 0 fully saturated rings. The van der Waals surface area contributed by atoms with Crippen molar-refractivity contribution in [1.29, 1.82) is 0 Å². The minimum atomic E-state index is -0.450. The molecule has 0 aliphatic rings. The minimum absolute atomic E-state index is 0.0509. The molecule has 168 valence electrons. The van der Waals surface area contributed by atoms with Crippen molar-refractivity contribution in [3.05, 3.63) is 93.5 Å². The van der Waals surface area contributed by atoms with Crippen molar-refractivity contribution in [3.63, 3.8) is 0 Å². The smallest absolute Gasteiger partial charge is 0.311 e. The molecule has 0 spiro atoms. The summed E-state index contributed by atoms with van der Waals surface area (Å²) < 4.78 is 5.88. The maximum Gasteiger partial charge on any atom is 0.311 e. The Kier molecular flexibility index (Phi) is 8.33. The molecule has 32 heavy (non-hydrogen) atoms. The fourth-order valence-electron chi connectivity index (χ4n) is 3.66. The molecule has 0 saturated carbocycles. The number of aliphatic hydroxyl groups excluding tert-OH is 2. The van der Waals surface area contributed by atoms with Gasteiger partial charge in [-0.05, 0) is 40.8 Å². The van der Waals surface area contributed by atoms with Crippen LogP contribution in [0.1, 0.15) is 16.7 Å². The van der Waals surface area contributed by atoms with Gasteiger partial charge in [-0.1, -0.05) is 54.6 Å². The molecule has 0 aliphatic carbocycles. The predicted octanol–water partition coefficient (Wildman–Crippen LogP) is 3.94. The highest BCUT2D eigenvalue weighted by Crippen LogP contribution is 2.31. The van der Waals surface area contributed by atoms with Crippen molar-refractivity contribution >= 4 is 5.69 Å². The number of benzene rings is 3. The van der Waals surface area contributed by atoms with Crippen LogP contribution in [0.15, 0.2) is 66.7 Å². The molecule has 7 heteroatoms. The number of nitro groups is 1. The van der Waals surface area contributed by atoms with Crippen LogP contribution < -0.4 is 4.74 Å². The van der Waals surface area contributed by atoms with Gasteiger partial charge in [0.2, 0.25) is 0 Å². The van der Waals surface area contributed by atoms with E-state index in [1.165, 1.54) is 6.07 Å². The molecule has 0 amide bonds. The molecule has 2 N–H and O–H groups in total. The first kappa shape index (κ1) is 23.4. The third-order valence-corrected chi connectivity index (χ3v) is 5.37. The second-order valence-electron chi connectivity index (χ2n) is 7.53. The van der Waals surface area contributed by atoms with E-state index in [1.54, 1.807) is 12.1 Å². The van der Waals surface area contributed by atoms with Gasteiger partial charge in [0, 0.05) is 25.7 Å². The lowest BCUT2D eigenvalue weighted by molar-refractivity contribution is -0.386. The second-order valence-corrected chi connectivity index (χ2v) is 7.53. The SMILES string of the molecule is Cc1c(COc2ccc(CN(CCO)CCO)cc2[N+](=O)[O-])cccc1-c1ccccc1. The van der Waals surface area contributed by atoms with Crippen LogP contribution in [0.3, 0.4) is 0 Å². The summed E-state index contributed by atoms with van der Waals surface area (Å²) in [6.07, 6.45) is 0. The normalized spacial score (nSPS) is 11.0. The lowest BCUT2D eigenvalue weighted by Gasteiger charge is -2.20. The number of aliphatic hydroxyl groups is 2. The van der Waals surface area contributed by atoms with Crippen LogP contribution in [-0.4, -0.2) is 46.3 Å². The van der Waals surface area contributed by atoms with Crippen LogP contribution in [0.2, 0.25) is 0 Å².